The average molecular weight is 627 g/mol. The summed E-state index contributed by atoms with van der Waals surface area (Å²) in [6.45, 7) is 18.8. The molecule has 0 bridgehead atoms. The summed E-state index contributed by atoms with van der Waals surface area (Å²) in [7, 11) is -1.98. The van der Waals surface area contributed by atoms with E-state index in [1.165, 1.54) is 4.90 Å². The second-order valence-electron chi connectivity index (χ2n) is 13.7. The fourth-order valence-corrected chi connectivity index (χ4v) is 6.76. The van der Waals surface area contributed by atoms with Crippen LogP contribution in [0, 0.1) is 13.8 Å². The molecule has 4 aromatic rings. The zero-order valence-corrected chi connectivity index (χ0v) is 28.9. The summed E-state index contributed by atoms with van der Waals surface area (Å²) < 4.78 is 13.9. The van der Waals surface area contributed by atoms with Crippen LogP contribution in [0.2, 0.25) is 18.1 Å². The highest BCUT2D eigenvalue weighted by Crippen LogP contribution is 2.39. The lowest BCUT2D eigenvalue weighted by atomic mass is 9.84. The van der Waals surface area contributed by atoms with Crippen LogP contribution >= 0.6 is 0 Å². The standard InChI is InChI=1S/C36H46N4O4Si/c1-9-39-32-18-17-30(25(3)34(32)37-38-39)31(27-16-15-24(2)28(20-27)22-44-45(7,8)36(4,5)6)21-33(41)40-29(23-43-35(40)42)19-26-13-11-10-12-14-26/h10-18,20,29,31H,9,19,21-23H2,1-8H3/t29-,31+/m1/s1. The second kappa shape index (κ2) is 12.9. The van der Waals surface area contributed by atoms with Crippen molar-refractivity contribution in [2.75, 3.05) is 6.61 Å². The Morgan fingerprint density at radius 2 is 1.82 bits per heavy atom. The number of hydrogen-bond donors (Lipinski definition) is 0. The number of carbonyl (C=O) groups is 2. The Balaban J connectivity index is 1.52. The van der Waals surface area contributed by atoms with Crippen molar-refractivity contribution in [2.45, 2.75) is 97.6 Å². The van der Waals surface area contributed by atoms with E-state index in [1.54, 1.807) is 0 Å². The van der Waals surface area contributed by atoms with Gasteiger partial charge in [0.25, 0.3) is 0 Å². The third-order valence-corrected chi connectivity index (χ3v) is 14.2. The van der Waals surface area contributed by atoms with Gasteiger partial charge in [-0.1, -0.05) is 80.6 Å². The van der Waals surface area contributed by atoms with Gasteiger partial charge in [-0.15, -0.1) is 5.10 Å². The van der Waals surface area contributed by atoms with E-state index in [1.807, 2.05) is 54.9 Å². The summed E-state index contributed by atoms with van der Waals surface area (Å²) >= 11 is 0. The number of nitrogens with zero attached hydrogens (tertiary/aromatic N) is 4. The zero-order chi connectivity index (χ0) is 32.5. The zero-order valence-electron chi connectivity index (χ0n) is 27.9. The molecule has 0 saturated carbocycles. The maximum Gasteiger partial charge on any atom is 0.416 e. The molecule has 2 heterocycles. The molecule has 1 aliphatic heterocycles. The van der Waals surface area contributed by atoms with Gasteiger partial charge < -0.3 is 9.16 Å². The number of ether oxygens (including phenoxy) is 1. The predicted octanol–water partition coefficient (Wildman–Crippen LogP) is 7.70. The van der Waals surface area contributed by atoms with E-state index in [4.69, 9.17) is 9.16 Å². The van der Waals surface area contributed by atoms with Crippen LogP contribution in [0.5, 0.6) is 0 Å². The van der Waals surface area contributed by atoms with E-state index >= 15 is 0 Å². The molecule has 5 rings (SSSR count). The molecule has 3 aromatic carbocycles. The van der Waals surface area contributed by atoms with Crippen molar-refractivity contribution in [3.63, 3.8) is 0 Å². The number of amides is 2. The van der Waals surface area contributed by atoms with Crippen molar-refractivity contribution >= 4 is 31.4 Å². The van der Waals surface area contributed by atoms with Crippen molar-refractivity contribution < 1.29 is 18.8 Å². The Labute approximate surface area is 267 Å². The average Bonchev–Trinajstić information content (AvgIpc) is 3.59. The van der Waals surface area contributed by atoms with E-state index in [0.29, 0.717) is 19.6 Å². The van der Waals surface area contributed by atoms with Gasteiger partial charge in [-0.05, 0) is 84.8 Å². The maximum absolute atomic E-state index is 14.1. The van der Waals surface area contributed by atoms with E-state index < -0.39 is 14.4 Å². The summed E-state index contributed by atoms with van der Waals surface area (Å²) in [5, 5.41) is 8.93. The van der Waals surface area contributed by atoms with E-state index in [2.05, 4.69) is 75.4 Å². The molecule has 1 fully saturated rings. The molecule has 2 amide bonds. The lowest BCUT2D eigenvalue weighted by Crippen LogP contribution is -2.41. The minimum absolute atomic E-state index is 0.0938. The normalized spacial score (nSPS) is 16.3. The number of cyclic esters (lactones) is 1. The lowest BCUT2D eigenvalue weighted by molar-refractivity contribution is -0.129. The molecule has 0 aliphatic carbocycles. The van der Waals surface area contributed by atoms with Crippen LogP contribution in [0.1, 0.15) is 73.4 Å². The largest absolute Gasteiger partial charge is 0.447 e. The van der Waals surface area contributed by atoms with Crippen LogP contribution < -0.4 is 0 Å². The van der Waals surface area contributed by atoms with E-state index in [0.717, 1.165) is 44.4 Å². The summed E-state index contributed by atoms with van der Waals surface area (Å²) in [5.74, 6) is -0.563. The predicted molar refractivity (Wildman–Crippen MR) is 180 cm³/mol. The van der Waals surface area contributed by atoms with Crippen LogP contribution in [0.25, 0.3) is 11.0 Å². The molecule has 0 N–H and O–H groups in total. The first kappa shape index (κ1) is 32.6. The highest BCUT2D eigenvalue weighted by molar-refractivity contribution is 6.74. The van der Waals surface area contributed by atoms with Crippen LogP contribution in [-0.4, -0.2) is 52.9 Å². The van der Waals surface area contributed by atoms with Crippen molar-refractivity contribution in [3.05, 3.63) is 94.0 Å². The first-order chi connectivity index (χ1) is 21.3. The number of imide groups is 1. The van der Waals surface area contributed by atoms with Crippen molar-refractivity contribution in [2.24, 2.45) is 0 Å². The Morgan fingerprint density at radius 3 is 2.51 bits per heavy atom. The number of aryl methyl sites for hydroxylation is 3. The Hall–Kier alpha value is -3.82. The second-order valence-corrected chi connectivity index (χ2v) is 18.5. The molecular weight excluding hydrogens is 581 g/mol. The molecule has 0 unspecified atom stereocenters. The van der Waals surface area contributed by atoms with Crippen LogP contribution in [0.15, 0.2) is 60.7 Å². The van der Waals surface area contributed by atoms with Gasteiger partial charge in [0.05, 0.1) is 18.2 Å². The number of rotatable bonds is 10. The van der Waals surface area contributed by atoms with Crippen molar-refractivity contribution in [3.8, 4) is 0 Å². The molecule has 8 nitrogen and oxygen atoms in total. The third kappa shape index (κ3) is 6.74. The number of carbonyl (C=O) groups excluding carboxylic acids is 2. The smallest absolute Gasteiger partial charge is 0.416 e. The molecule has 45 heavy (non-hydrogen) atoms. The molecule has 238 valence electrons. The van der Waals surface area contributed by atoms with Crippen LogP contribution in [-0.2, 0) is 33.5 Å². The molecule has 2 atom stereocenters. The summed E-state index contributed by atoms with van der Waals surface area (Å²) in [4.78, 5) is 28.4. The van der Waals surface area contributed by atoms with Gasteiger partial charge in [0, 0.05) is 18.9 Å². The summed E-state index contributed by atoms with van der Waals surface area (Å²) in [6, 6.07) is 20.1. The Morgan fingerprint density at radius 1 is 1.09 bits per heavy atom. The van der Waals surface area contributed by atoms with Gasteiger partial charge in [0.1, 0.15) is 12.1 Å². The van der Waals surface area contributed by atoms with Gasteiger partial charge in [-0.3, -0.25) is 4.79 Å². The van der Waals surface area contributed by atoms with Crippen molar-refractivity contribution in [1.82, 2.24) is 19.9 Å². The number of aromatic nitrogens is 3. The highest BCUT2D eigenvalue weighted by Gasteiger charge is 2.40. The van der Waals surface area contributed by atoms with Gasteiger partial charge in [0.2, 0.25) is 5.91 Å². The van der Waals surface area contributed by atoms with Crippen LogP contribution in [0.4, 0.5) is 4.79 Å². The Kier molecular flexibility index (Phi) is 9.33. The molecular formula is C36H46N4O4Si. The lowest BCUT2D eigenvalue weighted by Gasteiger charge is -2.36. The first-order valence-electron chi connectivity index (χ1n) is 15.9. The van der Waals surface area contributed by atoms with Crippen LogP contribution in [0.3, 0.4) is 0 Å². The van der Waals surface area contributed by atoms with Gasteiger partial charge >= 0.3 is 6.09 Å². The number of fused-ring (bicyclic) bond motifs is 1. The quantitative estimate of drug-likeness (QED) is 0.168. The summed E-state index contributed by atoms with van der Waals surface area (Å²) in [5.41, 5.74) is 8.06. The molecule has 9 heteroatoms. The number of benzene rings is 3. The monoisotopic (exact) mass is 626 g/mol. The number of hydrogen-bond acceptors (Lipinski definition) is 6. The molecule has 1 aromatic heterocycles. The van der Waals surface area contributed by atoms with E-state index in [-0.39, 0.29) is 35.9 Å². The van der Waals surface area contributed by atoms with E-state index in [9.17, 15) is 9.59 Å². The highest BCUT2D eigenvalue weighted by atomic mass is 28.4. The van der Waals surface area contributed by atoms with Gasteiger partial charge in [-0.25, -0.2) is 14.4 Å². The molecule has 0 spiro atoms. The third-order valence-electron chi connectivity index (χ3n) is 9.75. The fraction of sp³-hybridized carbons (Fsp3) is 0.444. The SMILES string of the molecule is CCn1nnc2c(C)c([C@@H](CC(=O)N3C(=O)OC[C@H]3Cc3ccccc3)c3ccc(C)c(CO[Si](C)(C)C(C)(C)C)c3)ccc21. The summed E-state index contributed by atoms with van der Waals surface area (Å²) in [6.07, 6.45) is 0.0819. The fourth-order valence-electron chi connectivity index (χ4n) is 5.82. The van der Waals surface area contributed by atoms with Gasteiger partial charge in [0.15, 0.2) is 8.32 Å². The maximum atomic E-state index is 14.1. The minimum Gasteiger partial charge on any atom is -0.447 e. The molecule has 1 saturated heterocycles. The Bertz CT molecular complexity index is 1690. The van der Waals surface area contributed by atoms with Crippen molar-refractivity contribution in [1.29, 1.82) is 0 Å². The van der Waals surface area contributed by atoms with Gasteiger partial charge in [-0.2, -0.15) is 0 Å². The topological polar surface area (TPSA) is 86.6 Å². The minimum atomic E-state index is -1.98. The molecule has 1 aliphatic rings. The molecule has 0 radical (unpaired) electrons. The first-order valence-corrected chi connectivity index (χ1v) is 18.8.